The molecule has 0 aromatic heterocycles. The second kappa shape index (κ2) is 4.45. The fourth-order valence-corrected chi connectivity index (χ4v) is 3.43. The molecular weight excluding hydrogens is 244 g/mol. The first-order chi connectivity index (χ1) is 9.52. The molecule has 0 radical (unpaired) electrons. The van der Waals surface area contributed by atoms with Gasteiger partial charge in [-0.25, -0.2) is 0 Å². The van der Waals surface area contributed by atoms with Crippen molar-refractivity contribution in [1.82, 2.24) is 0 Å². The zero-order valence-corrected chi connectivity index (χ0v) is 12.4. The smallest absolute Gasteiger partial charge is 0.143 e. The van der Waals surface area contributed by atoms with E-state index in [9.17, 15) is 4.79 Å². The fourth-order valence-electron chi connectivity index (χ4n) is 3.43. The normalized spacial score (nSPS) is 12.1. The molecule has 0 atom stereocenters. The van der Waals surface area contributed by atoms with Gasteiger partial charge in [-0.3, -0.25) is 4.79 Å². The highest BCUT2D eigenvalue weighted by Gasteiger charge is 2.26. The van der Waals surface area contributed by atoms with Crippen molar-refractivity contribution in [2.75, 3.05) is 0 Å². The van der Waals surface area contributed by atoms with Crippen molar-refractivity contribution in [2.24, 2.45) is 0 Å². The van der Waals surface area contributed by atoms with E-state index in [1.165, 1.54) is 44.5 Å². The molecule has 2 aromatic rings. The summed E-state index contributed by atoms with van der Waals surface area (Å²) in [6.45, 7) is 8.49. The topological polar surface area (TPSA) is 17.1 Å². The number of aryl methyl sites for hydroxylation is 4. The van der Waals surface area contributed by atoms with Crippen LogP contribution in [0.25, 0.3) is 16.7 Å². The Morgan fingerprint density at radius 2 is 1.20 bits per heavy atom. The maximum absolute atomic E-state index is 11.1. The minimum Gasteiger partial charge on any atom is -0.299 e. The third-order valence-electron chi connectivity index (χ3n) is 4.02. The van der Waals surface area contributed by atoms with Crippen LogP contribution in [0.4, 0.5) is 0 Å². The zero-order chi connectivity index (χ0) is 14.4. The van der Waals surface area contributed by atoms with Gasteiger partial charge < -0.3 is 0 Å². The summed E-state index contributed by atoms with van der Waals surface area (Å²) in [7, 11) is 0. The third kappa shape index (κ3) is 1.74. The van der Waals surface area contributed by atoms with E-state index in [4.69, 9.17) is 0 Å². The summed E-state index contributed by atoms with van der Waals surface area (Å²) >= 11 is 0. The molecule has 0 spiro atoms. The summed E-state index contributed by atoms with van der Waals surface area (Å²) in [6, 6.07) is 8.83. The summed E-state index contributed by atoms with van der Waals surface area (Å²) in [6.07, 6.45) is 2.60. The van der Waals surface area contributed by atoms with E-state index < -0.39 is 0 Å². The lowest BCUT2D eigenvalue weighted by Crippen LogP contribution is -1.90. The number of carbonyl (C=O) groups is 1. The van der Waals surface area contributed by atoms with Crippen molar-refractivity contribution in [2.45, 2.75) is 27.7 Å². The minimum absolute atomic E-state index is 0.896. The highest BCUT2D eigenvalue weighted by Crippen LogP contribution is 2.47. The van der Waals surface area contributed by atoms with Crippen molar-refractivity contribution < 1.29 is 4.79 Å². The van der Waals surface area contributed by atoms with Gasteiger partial charge >= 0.3 is 0 Å². The molecule has 1 aliphatic carbocycles. The van der Waals surface area contributed by atoms with E-state index in [-0.39, 0.29) is 0 Å². The first-order valence-corrected chi connectivity index (χ1v) is 6.92. The molecular formula is C19H18O. The van der Waals surface area contributed by atoms with Crippen molar-refractivity contribution >= 4 is 11.9 Å². The van der Waals surface area contributed by atoms with Crippen molar-refractivity contribution in [1.29, 1.82) is 0 Å². The SMILES string of the molecule is Cc1cc(C)c2c(c1)-c1cc(C)cc(C)c1C2=CC=O. The lowest BCUT2D eigenvalue weighted by atomic mass is 9.96. The molecule has 1 aliphatic rings. The van der Waals surface area contributed by atoms with Crippen molar-refractivity contribution in [3.8, 4) is 11.1 Å². The Morgan fingerprint density at radius 3 is 1.60 bits per heavy atom. The number of carbonyl (C=O) groups excluding carboxylic acids is 1. The molecule has 0 saturated heterocycles. The van der Waals surface area contributed by atoms with Gasteiger partial charge in [0.05, 0.1) is 0 Å². The molecule has 0 saturated carbocycles. The van der Waals surface area contributed by atoms with Crippen LogP contribution in [0.3, 0.4) is 0 Å². The largest absolute Gasteiger partial charge is 0.299 e. The molecule has 0 amide bonds. The van der Waals surface area contributed by atoms with Crippen LogP contribution in [0, 0.1) is 27.7 Å². The number of allylic oxidation sites excluding steroid dienone is 1. The van der Waals surface area contributed by atoms with Crippen LogP contribution in [0.15, 0.2) is 30.3 Å². The summed E-state index contributed by atoms with van der Waals surface area (Å²) in [5.41, 5.74) is 11.0. The Balaban J connectivity index is 2.47. The van der Waals surface area contributed by atoms with Gasteiger partial charge in [0.2, 0.25) is 0 Å². The van der Waals surface area contributed by atoms with Crippen molar-refractivity contribution in [3.05, 3.63) is 63.7 Å². The van der Waals surface area contributed by atoms with Crippen LogP contribution < -0.4 is 0 Å². The zero-order valence-electron chi connectivity index (χ0n) is 12.4. The van der Waals surface area contributed by atoms with Crippen molar-refractivity contribution in [3.63, 3.8) is 0 Å². The van der Waals surface area contributed by atoms with E-state index >= 15 is 0 Å². The van der Waals surface area contributed by atoms with Crippen LogP contribution in [0.1, 0.15) is 33.4 Å². The first kappa shape index (κ1) is 12.9. The average molecular weight is 262 g/mol. The molecule has 1 nitrogen and oxygen atoms in total. The highest BCUT2D eigenvalue weighted by molar-refractivity contribution is 6.06. The van der Waals surface area contributed by atoms with Gasteiger partial charge in [0.1, 0.15) is 6.29 Å². The van der Waals surface area contributed by atoms with Crippen LogP contribution >= 0.6 is 0 Å². The predicted octanol–water partition coefficient (Wildman–Crippen LogP) is 4.53. The molecule has 3 rings (SSSR count). The Hall–Kier alpha value is -2.15. The Bertz CT molecular complexity index is 704. The lowest BCUT2D eigenvalue weighted by Gasteiger charge is -2.08. The monoisotopic (exact) mass is 262 g/mol. The first-order valence-electron chi connectivity index (χ1n) is 6.92. The molecule has 0 N–H and O–H groups in total. The van der Waals surface area contributed by atoms with E-state index in [1.54, 1.807) is 6.08 Å². The Morgan fingerprint density at radius 1 is 0.750 bits per heavy atom. The predicted molar refractivity (Wildman–Crippen MR) is 84.0 cm³/mol. The average Bonchev–Trinajstić information content (AvgIpc) is 2.64. The van der Waals surface area contributed by atoms with Gasteiger partial charge in [0.15, 0.2) is 0 Å². The molecule has 20 heavy (non-hydrogen) atoms. The summed E-state index contributed by atoms with van der Waals surface area (Å²) < 4.78 is 0. The van der Waals surface area contributed by atoms with Gasteiger partial charge in [0.25, 0.3) is 0 Å². The summed E-state index contributed by atoms with van der Waals surface area (Å²) in [5, 5.41) is 0. The van der Waals surface area contributed by atoms with Crippen LogP contribution in [-0.4, -0.2) is 6.29 Å². The Kier molecular flexibility index (Phi) is 2.86. The molecule has 100 valence electrons. The maximum atomic E-state index is 11.1. The summed E-state index contributed by atoms with van der Waals surface area (Å²) in [5.74, 6) is 0. The van der Waals surface area contributed by atoms with E-state index in [0.29, 0.717) is 0 Å². The minimum atomic E-state index is 0.896. The van der Waals surface area contributed by atoms with Gasteiger partial charge in [-0.2, -0.15) is 0 Å². The number of hydrogen-bond donors (Lipinski definition) is 0. The fraction of sp³-hybridized carbons (Fsp3) is 0.211. The van der Waals surface area contributed by atoms with Crippen LogP contribution in [0.5, 0.6) is 0 Å². The molecule has 0 unspecified atom stereocenters. The number of hydrogen-bond acceptors (Lipinski definition) is 1. The molecule has 0 fully saturated rings. The van der Waals surface area contributed by atoms with Gasteiger partial charge in [-0.05, 0) is 72.7 Å². The highest BCUT2D eigenvalue weighted by atomic mass is 16.1. The maximum Gasteiger partial charge on any atom is 0.143 e. The number of rotatable bonds is 1. The standard InChI is InChI=1S/C19H18O/c1-11-7-13(3)18-15(5-6-20)19-14(4)8-12(2)10-17(19)16(18)9-11/h5-10H,1-4H3. The molecule has 0 heterocycles. The number of fused-ring (bicyclic) bond motifs is 3. The molecule has 0 bridgehead atoms. The second-order valence-electron chi connectivity index (χ2n) is 5.73. The van der Waals surface area contributed by atoms with E-state index in [0.717, 1.165) is 11.9 Å². The van der Waals surface area contributed by atoms with Gasteiger partial charge in [-0.15, -0.1) is 0 Å². The summed E-state index contributed by atoms with van der Waals surface area (Å²) in [4.78, 5) is 11.1. The molecule has 2 aromatic carbocycles. The van der Waals surface area contributed by atoms with Gasteiger partial charge in [0, 0.05) is 0 Å². The lowest BCUT2D eigenvalue weighted by molar-refractivity contribution is -0.104. The quantitative estimate of drug-likeness (QED) is 0.465. The van der Waals surface area contributed by atoms with E-state index in [2.05, 4.69) is 52.0 Å². The van der Waals surface area contributed by atoms with Gasteiger partial charge in [-0.1, -0.05) is 35.4 Å². The second-order valence-corrected chi connectivity index (χ2v) is 5.73. The van der Waals surface area contributed by atoms with Crippen LogP contribution in [0.2, 0.25) is 0 Å². The molecule has 0 aliphatic heterocycles. The number of benzene rings is 2. The molecule has 1 heteroatoms. The van der Waals surface area contributed by atoms with E-state index in [1.807, 2.05) is 0 Å². The third-order valence-corrected chi connectivity index (χ3v) is 4.02. The van der Waals surface area contributed by atoms with Crippen LogP contribution in [-0.2, 0) is 4.79 Å². The number of aldehydes is 1. The Labute approximate surface area is 120 Å².